The first-order valence-electron chi connectivity index (χ1n) is 25.4. The van der Waals surface area contributed by atoms with Crippen LogP contribution in [0.2, 0.25) is 0 Å². The number of nitrogens with zero attached hydrogens (tertiary/aromatic N) is 10. The van der Waals surface area contributed by atoms with Crippen molar-refractivity contribution in [3.63, 3.8) is 0 Å². The van der Waals surface area contributed by atoms with E-state index in [0.29, 0.717) is 51.9 Å². The van der Waals surface area contributed by atoms with E-state index in [1.54, 1.807) is 6.07 Å². The number of benzene rings is 10. The van der Waals surface area contributed by atoms with Crippen LogP contribution in [0.1, 0.15) is 0 Å². The molecule has 10 aromatic carbocycles. The van der Waals surface area contributed by atoms with Gasteiger partial charge in [0.15, 0.2) is 46.3 Å². The van der Waals surface area contributed by atoms with E-state index in [1.165, 1.54) is 0 Å². The van der Waals surface area contributed by atoms with Gasteiger partial charge in [0.05, 0.1) is 46.6 Å². The van der Waals surface area contributed by atoms with Crippen LogP contribution < -0.4 is 0 Å². The average molecular weight is 997 g/mol. The number of rotatable bonds is 9. The zero-order chi connectivity index (χ0) is 52.1. The van der Waals surface area contributed by atoms with E-state index >= 15 is 0 Å². The molecule has 0 spiro atoms. The lowest BCUT2D eigenvalue weighted by Gasteiger charge is -2.20. The van der Waals surface area contributed by atoms with Gasteiger partial charge in [0.1, 0.15) is 0 Å². The topological polar surface area (TPSA) is 95.9 Å². The standard InChI is InChI=1S/C68H40N10/c1-69-50-29-19-28-47(38-50)55-41-61(77-57-32-17-15-30-51(57)53-36-34-48(39-59(53)77)67-73-63(43-20-7-3-8-21-43)71-64(74-67)44-22-9-4-10-23-44)62(42-56(55)70-2)78-58-33-18-16-31-52(58)54-37-35-49(40-60(54)78)68-75-65(45-24-11-5-12-25-45)72-66(76-68)46-26-13-6-14-27-46/h3-42H. The van der Waals surface area contributed by atoms with Gasteiger partial charge in [-0.25, -0.2) is 39.6 Å². The minimum Gasteiger partial charge on any atom is -0.308 e. The fraction of sp³-hybridized carbons (Fsp3) is 0. The van der Waals surface area contributed by atoms with Crippen LogP contribution in [0, 0.1) is 13.1 Å². The van der Waals surface area contributed by atoms with Gasteiger partial charge in [0.25, 0.3) is 0 Å². The van der Waals surface area contributed by atoms with Crippen molar-refractivity contribution in [2.75, 3.05) is 0 Å². The predicted molar refractivity (Wildman–Crippen MR) is 312 cm³/mol. The van der Waals surface area contributed by atoms with Crippen LogP contribution >= 0.6 is 0 Å². The first-order chi connectivity index (χ1) is 38.6. The van der Waals surface area contributed by atoms with Crippen LogP contribution in [-0.2, 0) is 0 Å². The maximum Gasteiger partial charge on any atom is 0.197 e. The summed E-state index contributed by atoms with van der Waals surface area (Å²) in [6.07, 6.45) is 0. The Kier molecular flexibility index (Phi) is 11.0. The molecule has 0 radical (unpaired) electrons. The molecule has 0 saturated heterocycles. The van der Waals surface area contributed by atoms with Crippen LogP contribution in [0.3, 0.4) is 0 Å². The van der Waals surface area contributed by atoms with E-state index in [1.807, 2.05) is 146 Å². The van der Waals surface area contributed by atoms with E-state index in [9.17, 15) is 0 Å². The molecule has 0 bridgehead atoms. The molecule has 0 saturated carbocycles. The minimum atomic E-state index is 0.434. The van der Waals surface area contributed by atoms with E-state index in [4.69, 9.17) is 43.0 Å². The molecule has 78 heavy (non-hydrogen) atoms. The monoisotopic (exact) mass is 996 g/mol. The molecule has 0 fully saturated rings. The SMILES string of the molecule is [C-]#[N+]c1cccc(-c2cc(-n3c4ccccc4c4ccc(-c5nc(-c6ccccc6)nc(-c6ccccc6)n5)cc43)c(-n3c4ccccc4c4ccc(-c5nc(-c6ccccc6)nc(-c6ccccc6)n5)cc43)cc2[N+]#[C-])c1. The molecule has 362 valence electrons. The van der Waals surface area contributed by atoms with E-state index in [2.05, 4.69) is 110 Å². The Morgan fingerprint density at radius 1 is 0.269 bits per heavy atom. The van der Waals surface area contributed by atoms with Crippen molar-refractivity contribution in [2.45, 2.75) is 0 Å². The van der Waals surface area contributed by atoms with Gasteiger partial charge in [-0.05, 0) is 53.6 Å². The highest BCUT2D eigenvalue weighted by molar-refractivity contribution is 6.13. The summed E-state index contributed by atoms with van der Waals surface area (Å²) in [7, 11) is 0. The molecule has 14 aromatic rings. The van der Waals surface area contributed by atoms with Crippen LogP contribution in [0.15, 0.2) is 243 Å². The average Bonchev–Trinajstić information content (AvgIpc) is 4.22. The first-order valence-corrected chi connectivity index (χ1v) is 25.4. The third-order valence-corrected chi connectivity index (χ3v) is 14.2. The van der Waals surface area contributed by atoms with Gasteiger partial charge in [-0.1, -0.05) is 200 Å². The van der Waals surface area contributed by atoms with Crippen LogP contribution in [-0.4, -0.2) is 39.0 Å². The first kappa shape index (κ1) is 45.4. The highest BCUT2D eigenvalue weighted by Crippen LogP contribution is 2.45. The Balaban J connectivity index is 1.06. The molecule has 0 amide bonds. The third-order valence-electron chi connectivity index (χ3n) is 14.2. The van der Waals surface area contributed by atoms with Gasteiger partial charge in [-0.3, -0.25) is 0 Å². The van der Waals surface area contributed by atoms with Crippen molar-refractivity contribution in [3.05, 3.63) is 265 Å². The Labute approximate surface area is 448 Å². The molecular formula is C68H40N10. The number of fused-ring (bicyclic) bond motifs is 6. The summed E-state index contributed by atoms with van der Waals surface area (Å²) in [6.45, 7) is 16.8. The summed E-state index contributed by atoms with van der Waals surface area (Å²) >= 11 is 0. The summed E-state index contributed by atoms with van der Waals surface area (Å²) in [4.78, 5) is 38.6. The fourth-order valence-corrected chi connectivity index (χ4v) is 10.6. The van der Waals surface area contributed by atoms with Gasteiger partial charge in [-0.2, -0.15) is 0 Å². The maximum atomic E-state index is 8.81. The van der Waals surface area contributed by atoms with Crippen molar-refractivity contribution in [1.29, 1.82) is 0 Å². The van der Waals surface area contributed by atoms with Crippen molar-refractivity contribution in [2.24, 2.45) is 0 Å². The summed E-state index contributed by atoms with van der Waals surface area (Å²) < 4.78 is 4.56. The lowest BCUT2D eigenvalue weighted by Crippen LogP contribution is -2.05. The molecule has 0 aliphatic rings. The van der Waals surface area contributed by atoms with Gasteiger partial charge in [-0.15, -0.1) is 0 Å². The van der Waals surface area contributed by atoms with Gasteiger partial charge in [0, 0.05) is 54.9 Å². The Morgan fingerprint density at radius 3 is 1.04 bits per heavy atom. The maximum absolute atomic E-state index is 8.81. The summed E-state index contributed by atoms with van der Waals surface area (Å²) in [5.74, 6) is 3.32. The van der Waals surface area contributed by atoms with Crippen LogP contribution in [0.25, 0.3) is 144 Å². The number of para-hydroxylation sites is 2. The fourth-order valence-electron chi connectivity index (χ4n) is 10.6. The molecule has 10 heteroatoms. The summed E-state index contributed by atoms with van der Waals surface area (Å²) in [5, 5.41) is 4.12. The van der Waals surface area contributed by atoms with Gasteiger partial charge < -0.3 is 9.13 Å². The number of hydrogen-bond acceptors (Lipinski definition) is 6. The van der Waals surface area contributed by atoms with Crippen molar-refractivity contribution in [1.82, 2.24) is 39.0 Å². The quantitative estimate of drug-likeness (QED) is 0.134. The highest BCUT2D eigenvalue weighted by Gasteiger charge is 2.24. The predicted octanol–water partition coefficient (Wildman–Crippen LogP) is 17.0. The van der Waals surface area contributed by atoms with Crippen molar-refractivity contribution >= 4 is 55.0 Å². The number of hydrogen-bond donors (Lipinski definition) is 0. The summed E-state index contributed by atoms with van der Waals surface area (Å²) in [5.41, 5.74) is 12.8. The molecule has 0 atom stereocenters. The third kappa shape index (κ3) is 7.89. The number of aromatic nitrogens is 8. The zero-order valence-corrected chi connectivity index (χ0v) is 41.6. The van der Waals surface area contributed by atoms with E-state index in [-0.39, 0.29) is 0 Å². The largest absolute Gasteiger partial charge is 0.308 e. The zero-order valence-electron chi connectivity index (χ0n) is 41.6. The normalized spacial score (nSPS) is 11.3. The molecule has 10 nitrogen and oxygen atoms in total. The smallest absolute Gasteiger partial charge is 0.197 e. The Hall–Kier alpha value is -11.2. The molecule has 0 N–H and O–H groups in total. The van der Waals surface area contributed by atoms with Crippen LogP contribution in [0.4, 0.5) is 11.4 Å². The molecular weight excluding hydrogens is 957 g/mol. The molecule has 0 unspecified atom stereocenters. The second-order valence-electron chi connectivity index (χ2n) is 18.9. The lowest BCUT2D eigenvalue weighted by molar-refractivity contribution is 1.07. The molecule has 0 aliphatic heterocycles. The van der Waals surface area contributed by atoms with E-state index < -0.39 is 0 Å². The molecule has 4 heterocycles. The van der Waals surface area contributed by atoms with Gasteiger partial charge in [0.2, 0.25) is 0 Å². The van der Waals surface area contributed by atoms with Crippen LogP contribution in [0.5, 0.6) is 0 Å². The molecule has 0 aliphatic carbocycles. The molecule has 4 aromatic heterocycles. The Bertz CT molecular complexity index is 4630. The second kappa shape index (κ2) is 18.9. The minimum absolute atomic E-state index is 0.434. The van der Waals surface area contributed by atoms with Gasteiger partial charge >= 0.3 is 0 Å². The molecule has 14 rings (SSSR count). The summed E-state index contributed by atoms with van der Waals surface area (Å²) in [6, 6.07) is 81.2. The van der Waals surface area contributed by atoms with Crippen molar-refractivity contribution in [3.8, 4) is 90.8 Å². The Morgan fingerprint density at radius 2 is 0.628 bits per heavy atom. The lowest BCUT2D eigenvalue weighted by atomic mass is 10.0. The van der Waals surface area contributed by atoms with E-state index in [0.717, 1.165) is 93.9 Å². The highest BCUT2D eigenvalue weighted by atomic mass is 15.1. The second-order valence-corrected chi connectivity index (χ2v) is 18.9. The van der Waals surface area contributed by atoms with Crippen molar-refractivity contribution < 1.29 is 0 Å².